The summed E-state index contributed by atoms with van der Waals surface area (Å²) in [4.78, 5) is 38.9. The normalized spacial score (nSPS) is 13.8. The third-order valence-corrected chi connectivity index (χ3v) is 5.46. The number of likely N-dealkylation sites (tertiary alicyclic amines) is 1. The molecule has 9 heteroatoms. The van der Waals surface area contributed by atoms with Crippen LogP contribution < -0.4 is 20.1 Å². The predicted molar refractivity (Wildman–Crippen MR) is 124 cm³/mol. The van der Waals surface area contributed by atoms with Crippen LogP contribution in [0.1, 0.15) is 23.2 Å². The van der Waals surface area contributed by atoms with E-state index in [0.717, 1.165) is 0 Å². The molecule has 0 spiro atoms. The molecule has 0 aliphatic carbocycles. The van der Waals surface area contributed by atoms with Crippen molar-refractivity contribution in [2.45, 2.75) is 12.8 Å². The van der Waals surface area contributed by atoms with Crippen LogP contribution >= 0.6 is 0 Å². The summed E-state index contributed by atoms with van der Waals surface area (Å²) in [7, 11) is 4.53. The molecule has 2 aromatic carbocycles. The molecule has 0 bridgehead atoms. The SMILES string of the molecule is COCC(=O)Nc1ccc(NC(=O)C2CCN(C(=O)c3cc(OC)cc(OC)c3)CC2)cc1. The van der Waals surface area contributed by atoms with Crippen molar-refractivity contribution >= 4 is 29.1 Å². The van der Waals surface area contributed by atoms with Crippen LogP contribution in [0.2, 0.25) is 0 Å². The number of carbonyl (C=O) groups excluding carboxylic acids is 3. The lowest BCUT2D eigenvalue weighted by molar-refractivity contribution is -0.121. The first-order valence-electron chi connectivity index (χ1n) is 10.7. The van der Waals surface area contributed by atoms with Crippen LogP contribution in [0.15, 0.2) is 42.5 Å². The highest BCUT2D eigenvalue weighted by atomic mass is 16.5. The number of hydrogen-bond acceptors (Lipinski definition) is 6. The Balaban J connectivity index is 1.53. The molecule has 1 aliphatic heterocycles. The maximum Gasteiger partial charge on any atom is 0.254 e. The quantitative estimate of drug-likeness (QED) is 0.634. The van der Waals surface area contributed by atoms with Gasteiger partial charge in [-0.05, 0) is 49.2 Å². The Hall–Kier alpha value is -3.59. The summed E-state index contributed by atoms with van der Waals surface area (Å²) in [5.41, 5.74) is 1.76. The molecule has 9 nitrogen and oxygen atoms in total. The minimum Gasteiger partial charge on any atom is -0.497 e. The van der Waals surface area contributed by atoms with Crippen LogP contribution in [-0.2, 0) is 14.3 Å². The van der Waals surface area contributed by atoms with Crippen LogP contribution in [0.3, 0.4) is 0 Å². The molecule has 0 radical (unpaired) electrons. The Morgan fingerprint density at radius 3 is 1.94 bits per heavy atom. The van der Waals surface area contributed by atoms with E-state index in [2.05, 4.69) is 10.6 Å². The summed E-state index contributed by atoms with van der Waals surface area (Å²) in [6, 6.07) is 12.0. The van der Waals surface area contributed by atoms with Crippen molar-refractivity contribution in [2.75, 3.05) is 51.7 Å². The number of rotatable bonds is 8. The second kappa shape index (κ2) is 11.3. The lowest BCUT2D eigenvalue weighted by Gasteiger charge is -2.31. The summed E-state index contributed by atoms with van der Waals surface area (Å²) in [5.74, 6) is 0.476. The number of ether oxygens (including phenoxy) is 3. The molecule has 0 saturated carbocycles. The number of benzene rings is 2. The maximum absolute atomic E-state index is 12.9. The summed E-state index contributed by atoms with van der Waals surface area (Å²) in [5, 5.41) is 5.61. The molecule has 2 N–H and O–H groups in total. The Morgan fingerprint density at radius 1 is 0.879 bits per heavy atom. The van der Waals surface area contributed by atoms with E-state index in [1.54, 1.807) is 47.4 Å². The average Bonchev–Trinajstić information content (AvgIpc) is 2.84. The standard InChI is InChI=1S/C24H29N3O6/c1-31-15-22(28)25-18-4-6-19(7-5-18)26-23(29)16-8-10-27(11-9-16)24(30)17-12-20(32-2)14-21(13-17)33-3/h4-7,12-14,16H,8-11,15H2,1-3H3,(H,25,28)(H,26,29). The molecule has 0 unspecified atom stereocenters. The molecule has 1 saturated heterocycles. The smallest absolute Gasteiger partial charge is 0.254 e. The molecule has 176 valence electrons. The minimum absolute atomic E-state index is 0.0228. The lowest BCUT2D eigenvalue weighted by Crippen LogP contribution is -2.41. The Morgan fingerprint density at radius 2 is 1.42 bits per heavy atom. The molecule has 1 fully saturated rings. The summed E-state index contributed by atoms with van der Waals surface area (Å²) in [6.45, 7) is 0.951. The van der Waals surface area contributed by atoms with Crippen molar-refractivity contribution in [3.8, 4) is 11.5 Å². The molecular formula is C24H29N3O6. The van der Waals surface area contributed by atoms with E-state index in [9.17, 15) is 14.4 Å². The van der Waals surface area contributed by atoms with Crippen LogP contribution in [0, 0.1) is 5.92 Å². The van der Waals surface area contributed by atoms with Crippen molar-refractivity contribution in [3.63, 3.8) is 0 Å². The number of methoxy groups -OCH3 is 3. The van der Waals surface area contributed by atoms with Gasteiger partial charge in [0, 0.05) is 49.1 Å². The first-order chi connectivity index (χ1) is 15.9. The van der Waals surface area contributed by atoms with Gasteiger partial charge in [0.25, 0.3) is 5.91 Å². The van der Waals surface area contributed by atoms with Gasteiger partial charge in [-0.15, -0.1) is 0 Å². The van der Waals surface area contributed by atoms with Crippen molar-refractivity contribution in [1.82, 2.24) is 4.90 Å². The van der Waals surface area contributed by atoms with Gasteiger partial charge >= 0.3 is 0 Å². The van der Waals surface area contributed by atoms with E-state index in [-0.39, 0.29) is 30.2 Å². The van der Waals surface area contributed by atoms with Crippen LogP contribution in [0.4, 0.5) is 11.4 Å². The number of amides is 3. The number of hydrogen-bond donors (Lipinski definition) is 2. The molecular weight excluding hydrogens is 426 g/mol. The first-order valence-corrected chi connectivity index (χ1v) is 10.7. The third kappa shape index (κ3) is 6.45. The summed E-state index contributed by atoms with van der Waals surface area (Å²) >= 11 is 0. The zero-order valence-electron chi connectivity index (χ0n) is 19.1. The van der Waals surface area contributed by atoms with E-state index >= 15 is 0 Å². The second-order valence-corrected chi connectivity index (χ2v) is 7.72. The molecule has 3 rings (SSSR count). The van der Waals surface area contributed by atoms with Gasteiger partial charge in [-0.2, -0.15) is 0 Å². The van der Waals surface area contributed by atoms with Gasteiger partial charge in [-0.1, -0.05) is 0 Å². The zero-order valence-corrected chi connectivity index (χ0v) is 19.1. The van der Waals surface area contributed by atoms with Crippen LogP contribution in [0.5, 0.6) is 11.5 Å². The minimum atomic E-state index is -0.247. The monoisotopic (exact) mass is 455 g/mol. The highest BCUT2D eigenvalue weighted by molar-refractivity contribution is 5.96. The molecule has 1 heterocycles. The largest absolute Gasteiger partial charge is 0.497 e. The number of piperidine rings is 1. The van der Waals surface area contributed by atoms with Crippen molar-refractivity contribution in [3.05, 3.63) is 48.0 Å². The van der Waals surface area contributed by atoms with Gasteiger partial charge in [0.1, 0.15) is 18.1 Å². The summed E-state index contributed by atoms with van der Waals surface area (Å²) in [6.07, 6.45) is 1.15. The fraction of sp³-hybridized carbons (Fsp3) is 0.375. The Kier molecular flexibility index (Phi) is 8.26. The first kappa shape index (κ1) is 24.1. The van der Waals surface area contributed by atoms with Gasteiger partial charge in [-0.25, -0.2) is 0 Å². The fourth-order valence-corrected chi connectivity index (χ4v) is 3.67. The molecule has 3 amide bonds. The molecule has 0 atom stereocenters. The van der Waals surface area contributed by atoms with Gasteiger partial charge in [0.2, 0.25) is 11.8 Å². The molecule has 33 heavy (non-hydrogen) atoms. The topological polar surface area (TPSA) is 106 Å². The number of carbonyl (C=O) groups is 3. The van der Waals surface area contributed by atoms with E-state index in [4.69, 9.17) is 14.2 Å². The van der Waals surface area contributed by atoms with Gasteiger partial charge in [-0.3, -0.25) is 14.4 Å². The second-order valence-electron chi connectivity index (χ2n) is 7.72. The van der Waals surface area contributed by atoms with Crippen molar-refractivity contribution in [2.24, 2.45) is 5.92 Å². The highest BCUT2D eigenvalue weighted by Crippen LogP contribution is 2.26. The van der Waals surface area contributed by atoms with Crippen molar-refractivity contribution in [1.29, 1.82) is 0 Å². The van der Waals surface area contributed by atoms with Gasteiger partial charge < -0.3 is 29.7 Å². The predicted octanol–water partition coefficient (Wildman–Crippen LogP) is 2.78. The summed E-state index contributed by atoms with van der Waals surface area (Å²) < 4.78 is 15.3. The molecule has 2 aromatic rings. The maximum atomic E-state index is 12.9. The number of nitrogens with one attached hydrogen (secondary N) is 2. The van der Waals surface area contributed by atoms with Gasteiger partial charge in [0.05, 0.1) is 14.2 Å². The van der Waals surface area contributed by atoms with E-state index in [1.165, 1.54) is 21.3 Å². The van der Waals surface area contributed by atoms with E-state index in [1.807, 2.05) is 0 Å². The molecule has 0 aromatic heterocycles. The fourth-order valence-electron chi connectivity index (χ4n) is 3.67. The average molecular weight is 456 g/mol. The van der Waals surface area contributed by atoms with Crippen molar-refractivity contribution < 1.29 is 28.6 Å². The van der Waals surface area contributed by atoms with E-state index < -0.39 is 0 Å². The lowest BCUT2D eigenvalue weighted by atomic mass is 9.95. The molecule has 1 aliphatic rings. The third-order valence-electron chi connectivity index (χ3n) is 5.46. The van der Waals surface area contributed by atoms with Crippen LogP contribution in [-0.4, -0.2) is 63.6 Å². The Labute approximate surface area is 193 Å². The number of anilines is 2. The van der Waals surface area contributed by atoms with Gasteiger partial charge in [0.15, 0.2) is 0 Å². The Bertz CT molecular complexity index is 962. The van der Waals surface area contributed by atoms with Crippen LogP contribution in [0.25, 0.3) is 0 Å². The van der Waals surface area contributed by atoms with E-state index in [0.29, 0.717) is 54.4 Å². The zero-order chi connectivity index (χ0) is 23.8. The highest BCUT2D eigenvalue weighted by Gasteiger charge is 2.28. The number of nitrogens with zero attached hydrogens (tertiary/aromatic N) is 1.